The summed E-state index contributed by atoms with van der Waals surface area (Å²) in [5, 5.41) is 23.3. The van der Waals surface area contributed by atoms with Crippen molar-refractivity contribution in [2.75, 3.05) is 6.54 Å². The number of aliphatic hydroxyl groups excluding tert-OH is 2. The third kappa shape index (κ3) is 3.61. The Labute approximate surface area is 251 Å². The highest BCUT2D eigenvalue weighted by molar-refractivity contribution is 5.73. The summed E-state index contributed by atoms with van der Waals surface area (Å²) < 4.78 is 20.6. The van der Waals surface area contributed by atoms with Gasteiger partial charge in [-0.05, 0) is 108 Å². The Hall–Kier alpha value is -1.50. The fourth-order valence-corrected chi connectivity index (χ4v) is 12.0. The van der Waals surface area contributed by atoms with E-state index in [0.29, 0.717) is 19.0 Å². The van der Waals surface area contributed by atoms with E-state index in [1.54, 1.807) is 23.8 Å². The zero-order valence-corrected chi connectivity index (χ0v) is 26.3. The van der Waals surface area contributed by atoms with Gasteiger partial charge in [-0.25, -0.2) is 4.39 Å². The molecule has 1 aromatic carbocycles. The predicted molar refractivity (Wildman–Crippen MR) is 158 cm³/mol. The number of fused-ring (bicyclic) bond motifs is 4. The van der Waals surface area contributed by atoms with Crippen LogP contribution in [0, 0.1) is 68.8 Å². The second-order valence-corrected chi connectivity index (χ2v) is 16.1. The molecule has 3 radical (unpaired) electrons. The number of halogens is 1. The monoisotopic (exact) mass is 578 g/mol. The van der Waals surface area contributed by atoms with E-state index < -0.39 is 6.10 Å². The third-order valence-electron chi connectivity index (χ3n) is 14.1. The second-order valence-electron chi connectivity index (χ2n) is 16.1. The zero-order chi connectivity index (χ0) is 30.0. The summed E-state index contributed by atoms with van der Waals surface area (Å²) in [6.45, 7) is 13.8. The maximum Gasteiger partial charge on any atom is 0.219 e. The molecule has 2 N–H and O–H groups in total. The Morgan fingerprint density at radius 3 is 2.57 bits per heavy atom. The van der Waals surface area contributed by atoms with Gasteiger partial charge in [0.2, 0.25) is 5.91 Å². The fraction of sp³-hybridized carbons (Fsp3) is 0.722. The van der Waals surface area contributed by atoms with E-state index in [9.17, 15) is 19.4 Å². The Balaban J connectivity index is 1.15. The van der Waals surface area contributed by atoms with Crippen LogP contribution in [0.2, 0.25) is 0 Å². The average molecular weight is 579 g/mol. The molecule has 6 aliphatic rings. The van der Waals surface area contributed by atoms with Crippen LogP contribution >= 0.6 is 0 Å². The van der Waals surface area contributed by atoms with Gasteiger partial charge in [-0.3, -0.25) is 4.79 Å². The van der Waals surface area contributed by atoms with Gasteiger partial charge < -0.3 is 19.8 Å². The normalized spacial score (nSPS) is 46.2. The molecule has 5 aliphatic carbocycles. The summed E-state index contributed by atoms with van der Waals surface area (Å²) in [7, 11) is 0. The van der Waals surface area contributed by atoms with E-state index in [1.807, 2.05) is 6.07 Å². The van der Waals surface area contributed by atoms with Gasteiger partial charge in [-0.1, -0.05) is 46.8 Å². The van der Waals surface area contributed by atoms with Crippen molar-refractivity contribution in [2.24, 2.45) is 44.8 Å². The minimum absolute atomic E-state index is 0.0679. The minimum Gasteiger partial charge on any atom is -0.393 e. The molecule has 1 saturated heterocycles. The molecule has 1 amide bonds. The maximum atomic E-state index is 13.9. The molecule has 5 saturated carbocycles. The summed E-state index contributed by atoms with van der Waals surface area (Å²) in [5.74, 6) is 2.19. The highest BCUT2D eigenvalue weighted by Gasteiger charge is 2.85. The van der Waals surface area contributed by atoms with Crippen LogP contribution in [0.4, 0.5) is 4.39 Å². The molecule has 6 fully saturated rings. The minimum atomic E-state index is -0.678. The van der Waals surface area contributed by atoms with Gasteiger partial charge in [0.1, 0.15) is 18.0 Å². The Morgan fingerprint density at radius 2 is 1.86 bits per heavy atom. The average Bonchev–Trinajstić information content (AvgIpc) is 3.55. The van der Waals surface area contributed by atoms with Crippen molar-refractivity contribution in [1.82, 2.24) is 4.90 Å². The lowest BCUT2D eigenvalue weighted by molar-refractivity contribution is -0.131. The second kappa shape index (κ2) is 9.26. The van der Waals surface area contributed by atoms with Crippen LogP contribution in [0.3, 0.4) is 0 Å². The van der Waals surface area contributed by atoms with Crippen molar-refractivity contribution in [2.45, 2.75) is 112 Å². The van der Waals surface area contributed by atoms with Crippen molar-refractivity contribution < 1.29 is 24.1 Å². The van der Waals surface area contributed by atoms with Crippen LogP contribution in [0.1, 0.15) is 98.5 Å². The number of nitrogens with zero attached hydrogens (tertiary/aromatic N) is 1. The van der Waals surface area contributed by atoms with Gasteiger partial charge in [-0.2, -0.15) is 0 Å². The van der Waals surface area contributed by atoms with Crippen molar-refractivity contribution in [1.29, 1.82) is 0 Å². The highest BCUT2D eigenvalue weighted by Crippen LogP contribution is 2.90. The quantitative estimate of drug-likeness (QED) is 0.421. The molecule has 1 aromatic rings. The first kappa shape index (κ1) is 29.2. The first-order chi connectivity index (χ1) is 19.7. The van der Waals surface area contributed by atoms with Gasteiger partial charge in [0.15, 0.2) is 0 Å². The fourth-order valence-electron chi connectivity index (χ4n) is 12.0. The molecule has 9 atom stereocenters. The Bertz CT molecular complexity index is 1270. The number of benzene rings is 1. The lowest BCUT2D eigenvalue weighted by Gasteiger charge is -2.63. The molecule has 7 rings (SSSR count). The molecule has 1 unspecified atom stereocenters. The number of aliphatic hydroxyl groups is 2. The van der Waals surface area contributed by atoms with E-state index >= 15 is 0 Å². The van der Waals surface area contributed by atoms with Crippen molar-refractivity contribution >= 4 is 5.91 Å². The number of carbonyl (C=O) groups is 1. The SMILES string of the molecule is CC(=O)N(C[C]1C[C@@H](C)[C@H]2[C](O1)[C@H](O)[C@@]1(C)[C]3CC[C@H]4C(C)(C)C(O)CC[C@@]45C[C@@]35CC[C@]21C)Cc1cccc(F)c1. The summed E-state index contributed by atoms with van der Waals surface area (Å²) >= 11 is 0. The Kier molecular flexibility index (Phi) is 6.45. The van der Waals surface area contributed by atoms with Gasteiger partial charge in [0.05, 0.1) is 18.8 Å². The largest absolute Gasteiger partial charge is 0.393 e. The van der Waals surface area contributed by atoms with Crippen molar-refractivity contribution in [3.63, 3.8) is 0 Å². The molecule has 5 nitrogen and oxygen atoms in total. The first-order valence-electron chi connectivity index (χ1n) is 16.3. The lowest BCUT2D eigenvalue weighted by Crippen LogP contribution is -2.58. The van der Waals surface area contributed by atoms with Crippen LogP contribution in [-0.4, -0.2) is 39.8 Å². The molecule has 2 spiro atoms. The van der Waals surface area contributed by atoms with E-state index in [4.69, 9.17) is 4.74 Å². The summed E-state index contributed by atoms with van der Waals surface area (Å²) in [5.41, 5.74) is 0.695. The van der Waals surface area contributed by atoms with Crippen LogP contribution in [0.15, 0.2) is 24.3 Å². The van der Waals surface area contributed by atoms with Gasteiger partial charge in [0, 0.05) is 24.8 Å². The van der Waals surface area contributed by atoms with Crippen LogP contribution in [0.25, 0.3) is 0 Å². The molecule has 0 aromatic heterocycles. The predicted octanol–water partition coefficient (Wildman–Crippen LogP) is 6.63. The lowest BCUT2D eigenvalue weighted by atomic mass is 9.41. The molecule has 6 heteroatoms. The summed E-state index contributed by atoms with van der Waals surface area (Å²) in [6, 6.07) is 6.40. The van der Waals surface area contributed by atoms with Crippen LogP contribution in [0.5, 0.6) is 0 Å². The molecule has 1 heterocycles. The van der Waals surface area contributed by atoms with E-state index in [-0.39, 0.29) is 56.7 Å². The van der Waals surface area contributed by atoms with Gasteiger partial charge >= 0.3 is 0 Å². The molecule has 42 heavy (non-hydrogen) atoms. The van der Waals surface area contributed by atoms with Crippen molar-refractivity contribution in [3.05, 3.63) is 53.8 Å². The zero-order valence-electron chi connectivity index (χ0n) is 26.3. The number of ether oxygens (including phenoxy) is 1. The van der Waals surface area contributed by atoms with Crippen molar-refractivity contribution in [3.8, 4) is 0 Å². The highest BCUT2D eigenvalue weighted by atomic mass is 19.1. The number of carbonyl (C=O) groups excluding carboxylic acids is 1. The van der Waals surface area contributed by atoms with E-state index in [1.165, 1.54) is 25.0 Å². The molecular weight excluding hydrogens is 529 g/mol. The molecule has 229 valence electrons. The van der Waals surface area contributed by atoms with E-state index in [0.717, 1.165) is 56.3 Å². The number of amides is 1. The van der Waals surface area contributed by atoms with E-state index in [2.05, 4.69) is 34.6 Å². The van der Waals surface area contributed by atoms with Gasteiger partial charge in [0.25, 0.3) is 0 Å². The van der Waals surface area contributed by atoms with Crippen LogP contribution in [-0.2, 0) is 16.1 Å². The number of hydrogen-bond acceptors (Lipinski definition) is 4. The summed E-state index contributed by atoms with van der Waals surface area (Å²) in [4.78, 5) is 14.4. The molecule has 1 aliphatic heterocycles. The Morgan fingerprint density at radius 1 is 1.10 bits per heavy atom. The van der Waals surface area contributed by atoms with Gasteiger partial charge in [-0.15, -0.1) is 0 Å². The third-order valence-corrected chi connectivity index (χ3v) is 14.1. The number of hydrogen-bond donors (Lipinski definition) is 2. The molecule has 0 bridgehead atoms. The molecular formula is C36H49FNO4. The first-order valence-corrected chi connectivity index (χ1v) is 16.3. The van der Waals surface area contributed by atoms with Crippen LogP contribution < -0.4 is 0 Å². The smallest absolute Gasteiger partial charge is 0.219 e. The topological polar surface area (TPSA) is 70.0 Å². The standard InChI is InChI=1S/C36H49FNO4/c1-21-16-25(19-38(22(2)39)18-23-8-7-9-24(37)17-23)42-30-29(21)33(5)14-15-36-20-35(36)13-12-28(40)32(3,4)26(35)10-11-27(36)34(33,6)31(30)41/h7-9,17,21,26,28-29,31,40-41H,10-16,18-20H2,1-6H3/t21-,26+,28?,29+,31+,33-,34-,35-,36+/m1/s1. The summed E-state index contributed by atoms with van der Waals surface area (Å²) in [6.07, 6.45) is 9.07. The maximum absolute atomic E-state index is 13.9. The number of rotatable bonds is 4.